The van der Waals surface area contributed by atoms with Crippen LogP contribution >= 0.6 is 27.5 Å². The van der Waals surface area contributed by atoms with E-state index in [0.717, 1.165) is 5.69 Å². The molecular weight excluding hydrogens is 394 g/mol. The predicted molar refractivity (Wildman–Crippen MR) is 97.8 cm³/mol. The fourth-order valence-corrected chi connectivity index (χ4v) is 2.72. The average Bonchev–Trinajstić information content (AvgIpc) is 2.87. The second-order valence-electron chi connectivity index (χ2n) is 5.10. The third kappa shape index (κ3) is 3.13. The molecule has 0 atom stereocenters. The van der Waals surface area contributed by atoms with Crippen molar-refractivity contribution in [1.29, 1.82) is 0 Å². The molecule has 24 heavy (non-hydrogen) atoms. The number of nitrogen functional groups attached to an aromatic ring is 1. The van der Waals surface area contributed by atoms with Gasteiger partial charge in [0.05, 0.1) is 27.7 Å². The number of halogens is 2. The van der Waals surface area contributed by atoms with Crippen LogP contribution in [-0.2, 0) is 0 Å². The van der Waals surface area contributed by atoms with Crippen molar-refractivity contribution in [2.24, 2.45) is 0 Å². The first kappa shape index (κ1) is 16.5. The number of carbonyl (C=O) groups excluding carboxylic acids is 1. The van der Waals surface area contributed by atoms with Crippen LogP contribution in [0.1, 0.15) is 21.6 Å². The van der Waals surface area contributed by atoms with Crippen molar-refractivity contribution in [3.63, 3.8) is 0 Å². The van der Waals surface area contributed by atoms with Gasteiger partial charge < -0.3 is 11.1 Å². The van der Waals surface area contributed by atoms with Crippen LogP contribution in [0.5, 0.6) is 0 Å². The van der Waals surface area contributed by atoms with Crippen molar-refractivity contribution in [2.75, 3.05) is 11.1 Å². The lowest BCUT2D eigenvalue weighted by molar-refractivity contribution is 0.103. The number of nitrogens with one attached hydrogen (secondary N) is 2. The van der Waals surface area contributed by atoms with E-state index < -0.39 is 0 Å². The minimum atomic E-state index is -0.242. The van der Waals surface area contributed by atoms with E-state index in [9.17, 15) is 4.79 Å². The molecule has 0 spiro atoms. The second-order valence-corrected chi connectivity index (χ2v) is 6.32. The number of hydrogen-bond donors (Lipinski definition) is 3. The number of anilines is 3. The van der Waals surface area contributed by atoms with Crippen LogP contribution in [0.2, 0.25) is 5.02 Å². The number of nitrogens with zero attached hydrogens (tertiary/aromatic N) is 2. The van der Waals surface area contributed by atoms with Crippen LogP contribution in [0.25, 0.3) is 0 Å². The molecule has 0 saturated carbocycles. The maximum absolute atomic E-state index is 12.8. The summed E-state index contributed by atoms with van der Waals surface area (Å²) in [5.74, 6) is 0.202. The lowest BCUT2D eigenvalue weighted by Crippen LogP contribution is -2.08. The lowest BCUT2D eigenvalue weighted by Gasteiger charge is -2.11. The molecule has 6 nitrogen and oxygen atoms in total. The first-order chi connectivity index (χ1) is 11.5. The summed E-state index contributed by atoms with van der Waals surface area (Å²) >= 11 is 9.44. The summed E-state index contributed by atoms with van der Waals surface area (Å²) < 4.78 is 0.575. The first-order valence-electron chi connectivity index (χ1n) is 6.99. The second kappa shape index (κ2) is 6.62. The van der Waals surface area contributed by atoms with Gasteiger partial charge in [0.25, 0.3) is 0 Å². The van der Waals surface area contributed by atoms with E-state index in [1.807, 2.05) is 6.92 Å². The molecule has 0 aliphatic carbocycles. The third-order valence-corrected chi connectivity index (χ3v) is 4.24. The number of ketones is 1. The Kier molecular flexibility index (Phi) is 4.55. The Hall–Kier alpha value is -2.38. The molecule has 0 radical (unpaired) electrons. The zero-order chi connectivity index (χ0) is 17.3. The highest BCUT2D eigenvalue weighted by molar-refractivity contribution is 9.10. The molecule has 2 aromatic heterocycles. The zero-order valence-electron chi connectivity index (χ0n) is 12.6. The number of aromatic nitrogens is 3. The zero-order valence-corrected chi connectivity index (χ0v) is 14.9. The Labute approximate surface area is 151 Å². The van der Waals surface area contributed by atoms with Crippen LogP contribution in [0.3, 0.4) is 0 Å². The molecule has 8 heteroatoms. The average molecular weight is 407 g/mol. The van der Waals surface area contributed by atoms with E-state index in [1.165, 1.54) is 6.20 Å². The molecule has 0 amide bonds. The molecule has 0 fully saturated rings. The summed E-state index contributed by atoms with van der Waals surface area (Å²) in [6.45, 7) is 1.81. The summed E-state index contributed by atoms with van der Waals surface area (Å²) in [5.41, 5.74) is 8.48. The van der Waals surface area contributed by atoms with E-state index in [0.29, 0.717) is 37.9 Å². The molecule has 0 aliphatic heterocycles. The number of rotatable bonds is 4. The summed E-state index contributed by atoms with van der Waals surface area (Å²) in [7, 11) is 0. The van der Waals surface area contributed by atoms with Crippen LogP contribution in [0.4, 0.5) is 17.2 Å². The minimum absolute atomic E-state index is 0.242. The molecule has 3 aromatic rings. The van der Waals surface area contributed by atoms with Gasteiger partial charge in [0, 0.05) is 11.8 Å². The highest BCUT2D eigenvalue weighted by Crippen LogP contribution is 2.29. The van der Waals surface area contributed by atoms with Crippen molar-refractivity contribution in [3.8, 4) is 0 Å². The van der Waals surface area contributed by atoms with Crippen LogP contribution in [-0.4, -0.2) is 21.0 Å². The molecule has 3 rings (SSSR count). The normalized spacial score (nSPS) is 10.6. The van der Waals surface area contributed by atoms with Crippen LogP contribution < -0.4 is 11.1 Å². The molecule has 0 bridgehead atoms. The number of aryl methyl sites for hydroxylation is 1. The summed E-state index contributed by atoms with van der Waals surface area (Å²) in [5, 5.41) is 10.3. The lowest BCUT2D eigenvalue weighted by atomic mass is 10.0. The van der Waals surface area contributed by atoms with Crippen molar-refractivity contribution in [3.05, 3.63) is 63.0 Å². The van der Waals surface area contributed by atoms with Gasteiger partial charge in [-0.3, -0.25) is 9.89 Å². The molecule has 122 valence electrons. The van der Waals surface area contributed by atoms with Crippen LogP contribution in [0.15, 0.2) is 41.1 Å². The number of benzene rings is 1. The molecule has 0 unspecified atom stereocenters. The molecule has 2 heterocycles. The highest BCUT2D eigenvalue weighted by atomic mass is 79.9. The smallest absolute Gasteiger partial charge is 0.198 e. The van der Waals surface area contributed by atoms with Crippen molar-refractivity contribution >= 4 is 50.5 Å². The number of pyridine rings is 1. The molecular formula is C16H13BrClN5O. The number of hydrogen-bond acceptors (Lipinski definition) is 5. The van der Waals surface area contributed by atoms with Gasteiger partial charge in [-0.2, -0.15) is 5.10 Å². The molecule has 0 aliphatic rings. The maximum atomic E-state index is 12.8. The molecule has 4 N–H and O–H groups in total. The number of carbonyl (C=O) groups is 1. The SMILES string of the molecule is Cc1[nH]nc(Nc2cc(Br)ncc2C(=O)c2ccccc2Cl)c1N. The summed E-state index contributed by atoms with van der Waals surface area (Å²) in [4.78, 5) is 17.0. The van der Waals surface area contributed by atoms with Gasteiger partial charge in [0.15, 0.2) is 11.6 Å². The van der Waals surface area contributed by atoms with E-state index >= 15 is 0 Å². The first-order valence-corrected chi connectivity index (χ1v) is 8.16. The van der Waals surface area contributed by atoms with Gasteiger partial charge >= 0.3 is 0 Å². The predicted octanol–water partition coefficient (Wildman–Crippen LogP) is 4.09. The van der Waals surface area contributed by atoms with Gasteiger partial charge in [-0.05, 0) is 41.1 Å². The Balaban J connectivity index is 2.04. The molecule has 0 saturated heterocycles. The van der Waals surface area contributed by atoms with E-state index in [2.05, 4.69) is 36.4 Å². The maximum Gasteiger partial charge on any atom is 0.198 e. The standard InChI is InChI=1S/C16H13BrClN5O/c1-8-14(19)16(23-22-8)21-12-6-13(17)20-7-10(12)15(24)9-4-2-3-5-11(9)18/h2-7H,19H2,1H3,(H2,20,21,22,23). The highest BCUT2D eigenvalue weighted by Gasteiger charge is 2.19. The van der Waals surface area contributed by atoms with Gasteiger partial charge in [0.1, 0.15) is 4.60 Å². The summed E-state index contributed by atoms with van der Waals surface area (Å²) in [6, 6.07) is 8.55. The number of aromatic amines is 1. The van der Waals surface area contributed by atoms with Gasteiger partial charge in [-0.15, -0.1) is 0 Å². The largest absolute Gasteiger partial charge is 0.394 e. The van der Waals surface area contributed by atoms with Gasteiger partial charge in [0.2, 0.25) is 0 Å². The molecule has 1 aromatic carbocycles. The Bertz CT molecular complexity index is 925. The van der Waals surface area contributed by atoms with Gasteiger partial charge in [-0.1, -0.05) is 23.7 Å². The van der Waals surface area contributed by atoms with E-state index in [1.54, 1.807) is 30.3 Å². The topological polar surface area (TPSA) is 96.7 Å². The summed E-state index contributed by atoms with van der Waals surface area (Å²) in [6.07, 6.45) is 1.48. The number of H-pyrrole nitrogens is 1. The van der Waals surface area contributed by atoms with E-state index in [-0.39, 0.29) is 5.78 Å². The fourth-order valence-electron chi connectivity index (χ4n) is 2.17. The minimum Gasteiger partial charge on any atom is -0.394 e. The number of nitrogens with two attached hydrogens (primary N) is 1. The fraction of sp³-hybridized carbons (Fsp3) is 0.0625. The van der Waals surface area contributed by atoms with Gasteiger partial charge in [-0.25, -0.2) is 4.98 Å². The monoisotopic (exact) mass is 405 g/mol. The van der Waals surface area contributed by atoms with Crippen molar-refractivity contribution in [2.45, 2.75) is 6.92 Å². The van der Waals surface area contributed by atoms with E-state index in [4.69, 9.17) is 17.3 Å². The van der Waals surface area contributed by atoms with Crippen molar-refractivity contribution in [1.82, 2.24) is 15.2 Å². The Morgan fingerprint density at radius 2 is 2.08 bits per heavy atom. The third-order valence-electron chi connectivity index (χ3n) is 3.48. The van der Waals surface area contributed by atoms with Crippen LogP contribution in [0, 0.1) is 6.92 Å². The Morgan fingerprint density at radius 3 is 2.75 bits per heavy atom. The quantitative estimate of drug-likeness (QED) is 0.448. The Morgan fingerprint density at radius 1 is 1.33 bits per heavy atom. The van der Waals surface area contributed by atoms with Crippen molar-refractivity contribution < 1.29 is 4.79 Å².